The fourth-order valence-corrected chi connectivity index (χ4v) is 1.04. The fraction of sp³-hybridized carbons (Fsp3) is 0.400. The van der Waals surface area contributed by atoms with E-state index in [-0.39, 0.29) is 12.0 Å². The lowest BCUT2D eigenvalue weighted by molar-refractivity contribution is 0.330. The van der Waals surface area contributed by atoms with E-state index in [4.69, 9.17) is 5.14 Å². The van der Waals surface area contributed by atoms with Crippen molar-refractivity contribution < 1.29 is 17.9 Å². The first-order chi connectivity index (χ1) is 6.47. The molecule has 0 aromatic carbocycles. The van der Waals surface area contributed by atoms with Crippen molar-refractivity contribution in [3.63, 3.8) is 0 Å². The van der Waals surface area contributed by atoms with E-state index >= 15 is 0 Å². The van der Waals surface area contributed by atoms with E-state index in [0.29, 0.717) is 0 Å². The summed E-state index contributed by atoms with van der Waals surface area (Å²) in [5.74, 6) is 0. The summed E-state index contributed by atoms with van der Waals surface area (Å²) >= 11 is 0. The summed E-state index contributed by atoms with van der Waals surface area (Å²) in [6, 6.07) is -0.359. The number of sulfonamides is 1. The summed E-state index contributed by atoms with van der Waals surface area (Å²) in [6.45, 7) is 0. The number of nitrogens with zero attached hydrogens (tertiary/aromatic N) is 3. The Hall–Kier alpha value is -1.48. The third-order valence-electron chi connectivity index (χ3n) is 1.19. The monoisotopic (exact) mass is 220 g/mol. The highest BCUT2D eigenvalue weighted by atomic mass is 32.2. The van der Waals surface area contributed by atoms with Crippen molar-refractivity contribution in [3.05, 3.63) is 0 Å². The zero-order valence-corrected chi connectivity index (χ0v) is 8.28. The molecule has 0 amide bonds. The summed E-state index contributed by atoms with van der Waals surface area (Å²) in [7, 11) is -1.43. The molecule has 1 rings (SSSR count). The molecule has 0 spiro atoms. The van der Waals surface area contributed by atoms with Gasteiger partial charge in [0.2, 0.25) is 0 Å². The molecule has 0 aliphatic heterocycles. The number of hydrogen-bond acceptors (Lipinski definition) is 7. The maximum atomic E-state index is 10.9. The summed E-state index contributed by atoms with van der Waals surface area (Å²) < 4.78 is 31.0. The highest BCUT2D eigenvalue weighted by Gasteiger charge is 2.16. The molecule has 8 nitrogen and oxygen atoms in total. The molecule has 0 saturated heterocycles. The van der Waals surface area contributed by atoms with Gasteiger partial charge in [-0.1, -0.05) is 0 Å². The van der Waals surface area contributed by atoms with Gasteiger partial charge in [0.15, 0.2) is 0 Å². The number of hydrogen-bond donors (Lipinski definition) is 1. The van der Waals surface area contributed by atoms with Gasteiger partial charge in [0.05, 0.1) is 14.2 Å². The lowest BCUT2D eigenvalue weighted by Gasteiger charge is -2.02. The van der Waals surface area contributed by atoms with Crippen LogP contribution in [-0.4, -0.2) is 37.6 Å². The second-order valence-electron chi connectivity index (χ2n) is 2.14. The molecule has 2 N–H and O–H groups in total. The van der Waals surface area contributed by atoms with Crippen LogP contribution >= 0.6 is 0 Å². The Labute approximate surface area is 80.1 Å². The van der Waals surface area contributed by atoms with E-state index in [2.05, 4.69) is 24.4 Å². The van der Waals surface area contributed by atoms with E-state index in [1.165, 1.54) is 14.2 Å². The summed E-state index contributed by atoms with van der Waals surface area (Å²) in [5, 5.41) is 4.22. The molecule has 78 valence electrons. The number of aromatic nitrogens is 3. The molecule has 0 aliphatic rings. The summed E-state index contributed by atoms with van der Waals surface area (Å²) in [5.41, 5.74) is 0. The number of ether oxygens (including phenoxy) is 2. The van der Waals surface area contributed by atoms with Gasteiger partial charge in [-0.05, 0) is 0 Å². The zero-order valence-electron chi connectivity index (χ0n) is 7.46. The van der Waals surface area contributed by atoms with Gasteiger partial charge in [0.25, 0.3) is 15.2 Å². The molecule has 1 heterocycles. The van der Waals surface area contributed by atoms with E-state index in [1.54, 1.807) is 0 Å². The maximum absolute atomic E-state index is 10.9. The van der Waals surface area contributed by atoms with Crippen LogP contribution < -0.4 is 14.6 Å². The van der Waals surface area contributed by atoms with Gasteiger partial charge in [0, 0.05) is 0 Å². The lowest BCUT2D eigenvalue weighted by atomic mass is 11.0. The van der Waals surface area contributed by atoms with Gasteiger partial charge < -0.3 is 9.47 Å². The molecule has 14 heavy (non-hydrogen) atoms. The molecule has 1 aromatic rings. The van der Waals surface area contributed by atoms with Crippen LogP contribution in [0.5, 0.6) is 12.0 Å². The first-order valence-corrected chi connectivity index (χ1v) is 4.89. The number of primary sulfonamides is 1. The van der Waals surface area contributed by atoms with Crippen molar-refractivity contribution in [2.24, 2.45) is 5.14 Å². The number of rotatable bonds is 3. The molecule has 0 saturated carbocycles. The Bertz CT molecular complexity index is 409. The van der Waals surface area contributed by atoms with Crippen molar-refractivity contribution in [2.45, 2.75) is 5.16 Å². The molecule has 0 atom stereocenters. The van der Waals surface area contributed by atoms with Crippen molar-refractivity contribution >= 4 is 10.0 Å². The van der Waals surface area contributed by atoms with Crippen molar-refractivity contribution in [3.8, 4) is 12.0 Å². The molecule has 9 heteroatoms. The molecule has 0 fully saturated rings. The highest BCUT2D eigenvalue weighted by molar-refractivity contribution is 7.89. The SMILES string of the molecule is COc1nc(OC)nc(S(N)(=O)=O)n1. The Balaban J connectivity index is 3.32. The fourth-order valence-electron chi connectivity index (χ4n) is 0.630. The Morgan fingerprint density at radius 3 is 1.79 bits per heavy atom. The van der Waals surface area contributed by atoms with Crippen LogP contribution in [0.4, 0.5) is 0 Å². The topological polar surface area (TPSA) is 117 Å². The summed E-state index contributed by atoms with van der Waals surface area (Å²) in [4.78, 5) is 10.5. The van der Waals surface area contributed by atoms with E-state index in [1.807, 2.05) is 0 Å². The van der Waals surface area contributed by atoms with E-state index < -0.39 is 15.2 Å². The van der Waals surface area contributed by atoms with Crippen LogP contribution in [0, 0.1) is 0 Å². The Kier molecular flexibility index (Phi) is 2.81. The van der Waals surface area contributed by atoms with Gasteiger partial charge in [-0.2, -0.15) is 9.97 Å². The smallest absolute Gasteiger partial charge is 0.323 e. The highest BCUT2D eigenvalue weighted by Crippen LogP contribution is 2.10. The predicted molar refractivity (Wildman–Crippen MR) is 44.3 cm³/mol. The van der Waals surface area contributed by atoms with Gasteiger partial charge in [0.1, 0.15) is 0 Å². The van der Waals surface area contributed by atoms with Crippen molar-refractivity contribution in [1.82, 2.24) is 15.0 Å². The molecule has 0 unspecified atom stereocenters. The first-order valence-electron chi connectivity index (χ1n) is 3.34. The van der Waals surface area contributed by atoms with Crippen molar-refractivity contribution in [2.75, 3.05) is 14.2 Å². The minimum absolute atomic E-state index is 0.180. The van der Waals surface area contributed by atoms with E-state index in [0.717, 1.165) is 0 Å². The van der Waals surface area contributed by atoms with Crippen LogP contribution in [0.15, 0.2) is 5.16 Å². The molecule has 0 bridgehead atoms. The first kappa shape index (κ1) is 10.6. The van der Waals surface area contributed by atoms with Crippen LogP contribution in [0.2, 0.25) is 0 Å². The van der Waals surface area contributed by atoms with Gasteiger partial charge in [-0.3, -0.25) is 0 Å². The van der Waals surface area contributed by atoms with Crippen LogP contribution in [0.25, 0.3) is 0 Å². The van der Waals surface area contributed by atoms with Crippen LogP contribution in [0.1, 0.15) is 0 Å². The van der Waals surface area contributed by atoms with Gasteiger partial charge in [-0.15, -0.1) is 4.98 Å². The molecular formula is C5H8N4O4S. The van der Waals surface area contributed by atoms with Crippen molar-refractivity contribution in [1.29, 1.82) is 0 Å². The van der Waals surface area contributed by atoms with Gasteiger partial charge in [-0.25, -0.2) is 13.6 Å². The predicted octanol–water partition coefficient (Wildman–Crippen LogP) is -1.46. The normalized spacial score (nSPS) is 11.1. The Morgan fingerprint density at radius 1 is 1.07 bits per heavy atom. The molecule has 1 aromatic heterocycles. The average molecular weight is 220 g/mol. The molecule has 0 aliphatic carbocycles. The van der Waals surface area contributed by atoms with Crippen LogP contribution in [-0.2, 0) is 10.0 Å². The van der Waals surface area contributed by atoms with Gasteiger partial charge >= 0.3 is 12.0 Å². The maximum Gasteiger partial charge on any atom is 0.323 e. The quantitative estimate of drug-likeness (QED) is 0.661. The lowest BCUT2D eigenvalue weighted by Crippen LogP contribution is -2.17. The van der Waals surface area contributed by atoms with Crippen LogP contribution in [0.3, 0.4) is 0 Å². The largest absolute Gasteiger partial charge is 0.467 e. The summed E-state index contributed by atoms with van der Waals surface area (Å²) in [6.07, 6.45) is 0. The molecule has 0 radical (unpaired) electrons. The second-order valence-corrected chi connectivity index (χ2v) is 3.59. The Morgan fingerprint density at radius 2 is 1.50 bits per heavy atom. The average Bonchev–Trinajstić information content (AvgIpc) is 2.15. The van der Waals surface area contributed by atoms with E-state index in [9.17, 15) is 8.42 Å². The molecular weight excluding hydrogens is 212 g/mol. The minimum Gasteiger partial charge on any atom is -0.467 e. The standard InChI is InChI=1S/C5H8N4O4S/c1-12-3-7-4(13-2)9-5(8-3)14(6,10)11/h1-2H3,(H2,6,10,11). The number of methoxy groups -OCH3 is 2. The second kappa shape index (κ2) is 3.72. The third-order valence-corrected chi connectivity index (χ3v) is 1.89. The zero-order chi connectivity index (χ0) is 10.8. The number of nitrogens with two attached hydrogens (primary N) is 1. The minimum atomic E-state index is -3.99. The third kappa shape index (κ3) is 2.26.